The van der Waals surface area contributed by atoms with Gasteiger partial charge in [-0.3, -0.25) is 9.10 Å². The van der Waals surface area contributed by atoms with Gasteiger partial charge in [-0.2, -0.15) is 0 Å². The van der Waals surface area contributed by atoms with Crippen molar-refractivity contribution in [3.63, 3.8) is 0 Å². The Morgan fingerprint density at radius 1 is 1.14 bits per heavy atom. The van der Waals surface area contributed by atoms with Gasteiger partial charge < -0.3 is 4.90 Å². The fraction of sp³-hybridized carbons (Fsp3) is 0.350. The highest BCUT2D eigenvalue weighted by Crippen LogP contribution is 2.29. The number of amides is 1. The minimum absolute atomic E-state index is 0.118. The van der Waals surface area contributed by atoms with Gasteiger partial charge in [0.05, 0.1) is 21.2 Å². The van der Waals surface area contributed by atoms with E-state index in [0.29, 0.717) is 40.3 Å². The summed E-state index contributed by atoms with van der Waals surface area (Å²) in [6.45, 7) is 3.48. The second-order valence-corrected chi connectivity index (χ2v) is 9.90. The van der Waals surface area contributed by atoms with Gasteiger partial charge in [0.2, 0.25) is 0 Å². The van der Waals surface area contributed by atoms with Crippen LogP contribution in [0.2, 0.25) is 10.0 Å². The second-order valence-electron chi connectivity index (χ2n) is 7.09. The van der Waals surface area contributed by atoms with Crippen LogP contribution in [0.4, 0.5) is 5.69 Å². The van der Waals surface area contributed by atoms with Crippen LogP contribution in [0.3, 0.4) is 0 Å². The van der Waals surface area contributed by atoms with Crippen LogP contribution in [0, 0.1) is 5.92 Å². The van der Waals surface area contributed by atoms with Crippen LogP contribution in [0.1, 0.15) is 30.1 Å². The Labute approximate surface area is 175 Å². The lowest BCUT2D eigenvalue weighted by Gasteiger charge is -2.31. The highest BCUT2D eigenvalue weighted by Gasteiger charge is 2.26. The van der Waals surface area contributed by atoms with E-state index in [-0.39, 0.29) is 10.8 Å². The number of piperidine rings is 1. The monoisotopic (exact) mass is 440 g/mol. The molecule has 0 aromatic heterocycles. The lowest BCUT2D eigenvalue weighted by Crippen LogP contribution is -2.39. The van der Waals surface area contributed by atoms with Gasteiger partial charge in [0.25, 0.3) is 15.9 Å². The van der Waals surface area contributed by atoms with Crippen molar-refractivity contribution in [2.24, 2.45) is 5.92 Å². The van der Waals surface area contributed by atoms with Gasteiger partial charge in [0.1, 0.15) is 0 Å². The van der Waals surface area contributed by atoms with Gasteiger partial charge in [-0.25, -0.2) is 8.42 Å². The van der Waals surface area contributed by atoms with Crippen molar-refractivity contribution < 1.29 is 13.2 Å². The molecule has 2 aromatic carbocycles. The first-order valence-corrected chi connectivity index (χ1v) is 11.2. The molecule has 0 spiro atoms. The first-order chi connectivity index (χ1) is 13.2. The summed E-state index contributed by atoms with van der Waals surface area (Å²) in [5, 5.41) is 0.765. The first-order valence-electron chi connectivity index (χ1n) is 9.03. The van der Waals surface area contributed by atoms with Crippen molar-refractivity contribution >= 4 is 44.8 Å². The Morgan fingerprint density at radius 2 is 1.82 bits per heavy atom. The van der Waals surface area contributed by atoms with Gasteiger partial charge in [-0.1, -0.05) is 30.1 Å². The summed E-state index contributed by atoms with van der Waals surface area (Å²) in [6, 6.07) is 10.6. The topological polar surface area (TPSA) is 57.7 Å². The molecule has 0 unspecified atom stereocenters. The quantitative estimate of drug-likeness (QED) is 0.692. The summed E-state index contributed by atoms with van der Waals surface area (Å²) in [4.78, 5) is 14.9. The lowest BCUT2D eigenvalue weighted by atomic mass is 9.99. The van der Waals surface area contributed by atoms with Crippen LogP contribution in [0.25, 0.3) is 0 Å². The van der Waals surface area contributed by atoms with Crippen molar-refractivity contribution in [3.8, 4) is 0 Å². The molecule has 0 saturated carbocycles. The number of hydrogen-bond donors (Lipinski definition) is 0. The fourth-order valence-corrected chi connectivity index (χ4v) is 4.83. The maximum Gasteiger partial charge on any atom is 0.264 e. The average Bonchev–Trinajstić information content (AvgIpc) is 2.67. The molecule has 1 aliphatic rings. The van der Waals surface area contributed by atoms with E-state index < -0.39 is 10.0 Å². The van der Waals surface area contributed by atoms with Gasteiger partial charge in [-0.05, 0) is 61.2 Å². The number of hydrogen-bond acceptors (Lipinski definition) is 3. The van der Waals surface area contributed by atoms with Crippen LogP contribution in [0.5, 0.6) is 0 Å². The Hall–Kier alpha value is -1.76. The van der Waals surface area contributed by atoms with E-state index in [2.05, 4.69) is 6.92 Å². The molecule has 0 bridgehead atoms. The molecule has 1 atom stereocenters. The van der Waals surface area contributed by atoms with Crippen LogP contribution >= 0.6 is 23.2 Å². The number of carbonyl (C=O) groups excluding carboxylic acids is 1. The number of likely N-dealkylation sites (tertiary alicyclic amines) is 1. The molecule has 28 heavy (non-hydrogen) atoms. The van der Waals surface area contributed by atoms with Crippen LogP contribution in [0.15, 0.2) is 47.4 Å². The van der Waals surface area contributed by atoms with Gasteiger partial charge >= 0.3 is 0 Å². The molecule has 1 fully saturated rings. The number of carbonyl (C=O) groups is 1. The van der Waals surface area contributed by atoms with Crippen molar-refractivity contribution in [1.82, 2.24) is 4.90 Å². The zero-order valence-electron chi connectivity index (χ0n) is 15.7. The molecule has 8 heteroatoms. The molecule has 1 heterocycles. The van der Waals surface area contributed by atoms with Gasteiger partial charge in [0, 0.05) is 25.2 Å². The fourth-order valence-electron chi connectivity index (χ4n) is 3.32. The molecule has 1 amide bonds. The Morgan fingerprint density at radius 3 is 2.46 bits per heavy atom. The van der Waals surface area contributed by atoms with E-state index in [0.717, 1.165) is 17.1 Å². The van der Waals surface area contributed by atoms with Crippen LogP contribution < -0.4 is 4.31 Å². The van der Waals surface area contributed by atoms with E-state index in [1.165, 1.54) is 37.4 Å². The van der Waals surface area contributed by atoms with Crippen molar-refractivity contribution in [2.45, 2.75) is 24.7 Å². The molecule has 0 aliphatic carbocycles. The maximum atomic E-state index is 13.0. The molecule has 2 aromatic rings. The van der Waals surface area contributed by atoms with Crippen LogP contribution in [-0.2, 0) is 10.0 Å². The first kappa shape index (κ1) is 21.0. The number of rotatable bonds is 4. The van der Waals surface area contributed by atoms with Crippen molar-refractivity contribution in [3.05, 3.63) is 58.1 Å². The molecule has 5 nitrogen and oxygen atoms in total. The average molecular weight is 441 g/mol. The summed E-state index contributed by atoms with van der Waals surface area (Å²) >= 11 is 12.1. The molecular formula is C20H22Cl2N2O3S. The van der Waals surface area contributed by atoms with E-state index in [9.17, 15) is 13.2 Å². The number of benzene rings is 2. The van der Waals surface area contributed by atoms with Crippen LogP contribution in [-0.4, -0.2) is 39.4 Å². The van der Waals surface area contributed by atoms with E-state index in [1.807, 2.05) is 0 Å². The molecular weight excluding hydrogens is 419 g/mol. The maximum absolute atomic E-state index is 13.0. The number of nitrogens with zero attached hydrogens (tertiary/aromatic N) is 2. The molecule has 1 saturated heterocycles. The smallest absolute Gasteiger partial charge is 0.264 e. The highest BCUT2D eigenvalue weighted by atomic mass is 35.5. The van der Waals surface area contributed by atoms with Gasteiger partial charge in [-0.15, -0.1) is 0 Å². The standard InChI is InChI=1S/C20H22Cl2N2O3S/c1-14-4-3-11-24(13-14)20(25)18-12-16(7-10-19(18)22)23(2)28(26,27)17-8-5-15(21)6-9-17/h5-10,12,14H,3-4,11,13H2,1-2H3/t14-/m0/s1. The van der Waals surface area contributed by atoms with Crippen molar-refractivity contribution in [2.75, 3.05) is 24.4 Å². The summed E-state index contributed by atoms with van der Waals surface area (Å²) in [5.74, 6) is 0.267. The summed E-state index contributed by atoms with van der Waals surface area (Å²) in [7, 11) is -2.34. The minimum Gasteiger partial charge on any atom is -0.338 e. The Bertz CT molecular complexity index is 977. The predicted molar refractivity (Wildman–Crippen MR) is 113 cm³/mol. The normalized spacial score (nSPS) is 17.4. The Kier molecular flexibility index (Phi) is 6.22. The second kappa shape index (κ2) is 8.31. The van der Waals surface area contributed by atoms with E-state index >= 15 is 0 Å². The summed E-state index contributed by atoms with van der Waals surface area (Å²) in [6.07, 6.45) is 2.05. The number of halogens is 2. The molecule has 1 aliphatic heterocycles. The van der Waals surface area contributed by atoms with E-state index in [4.69, 9.17) is 23.2 Å². The van der Waals surface area contributed by atoms with Gasteiger partial charge in [0.15, 0.2) is 0 Å². The SMILES string of the molecule is C[C@H]1CCCN(C(=O)c2cc(N(C)S(=O)(=O)c3ccc(Cl)cc3)ccc2Cl)C1. The summed E-state index contributed by atoms with van der Waals surface area (Å²) in [5.41, 5.74) is 0.680. The molecule has 0 radical (unpaired) electrons. The third kappa shape index (κ3) is 4.29. The lowest BCUT2D eigenvalue weighted by molar-refractivity contribution is 0.0683. The Balaban J connectivity index is 1.92. The third-order valence-corrected chi connectivity index (χ3v) is 7.34. The number of anilines is 1. The molecule has 150 valence electrons. The highest BCUT2D eigenvalue weighted by molar-refractivity contribution is 7.92. The number of sulfonamides is 1. The summed E-state index contributed by atoms with van der Waals surface area (Å²) < 4.78 is 27.0. The largest absolute Gasteiger partial charge is 0.338 e. The minimum atomic E-state index is -3.79. The zero-order valence-corrected chi connectivity index (χ0v) is 18.1. The van der Waals surface area contributed by atoms with Crippen molar-refractivity contribution in [1.29, 1.82) is 0 Å². The zero-order chi connectivity index (χ0) is 20.5. The predicted octanol–water partition coefficient (Wildman–Crippen LogP) is 4.69. The third-order valence-electron chi connectivity index (χ3n) is 4.96. The molecule has 0 N–H and O–H groups in total. The molecule has 3 rings (SSSR count). The van der Waals surface area contributed by atoms with E-state index in [1.54, 1.807) is 17.0 Å².